The van der Waals surface area contributed by atoms with Crippen molar-refractivity contribution in [1.29, 1.82) is 10.5 Å². The van der Waals surface area contributed by atoms with Crippen molar-refractivity contribution in [3.63, 3.8) is 0 Å². The molecule has 0 saturated heterocycles. The molecule has 0 saturated carbocycles. The van der Waals surface area contributed by atoms with Gasteiger partial charge in [-0.05, 0) is 12.1 Å². The van der Waals surface area contributed by atoms with Gasteiger partial charge in [0.2, 0.25) is 5.96 Å². The number of pyridine rings is 1. The standard InChI is InChI=1S/C15H10ClFN8/c16-6-1-2-7(9(17)3-6)12-10-11(20)8(4-18)13(21)24-14(10)25-15(23-12)22-5-19/h1-3,12H,(H6,20,21,22,23,24,25). The number of hydrogen-bond donors (Lipinski definition) is 4. The summed E-state index contributed by atoms with van der Waals surface area (Å²) >= 11 is 5.79. The van der Waals surface area contributed by atoms with Gasteiger partial charge in [-0.15, -0.1) is 0 Å². The van der Waals surface area contributed by atoms with Crippen LogP contribution in [0.25, 0.3) is 0 Å². The number of nitrogens with one attached hydrogen (secondary N) is 2. The van der Waals surface area contributed by atoms with Crippen LogP contribution in [0.5, 0.6) is 0 Å². The SMILES string of the molecule is N#CNC1=NC(c2ccc(Cl)cc2F)c2c(nc(N)c(C#N)c2N)N1. The van der Waals surface area contributed by atoms with Crippen LogP contribution in [-0.4, -0.2) is 10.9 Å². The van der Waals surface area contributed by atoms with Crippen molar-refractivity contribution in [3.05, 3.63) is 45.7 Å². The quantitative estimate of drug-likeness (QED) is 0.450. The molecule has 0 fully saturated rings. The second-order valence-corrected chi connectivity index (χ2v) is 5.50. The lowest BCUT2D eigenvalue weighted by Crippen LogP contribution is -2.33. The molecule has 0 radical (unpaired) electrons. The number of anilines is 3. The fraction of sp³-hybridized carbons (Fsp3) is 0.0667. The lowest BCUT2D eigenvalue weighted by molar-refractivity contribution is 0.599. The van der Waals surface area contributed by atoms with Crippen LogP contribution in [0.15, 0.2) is 23.2 Å². The molecule has 0 spiro atoms. The first-order chi connectivity index (χ1) is 12.0. The zero-order valence-corrected chi connectivity index (χ0v) is 13.3. The number of hydrogen-bond acceptors (Lipinski definition) is 8. The maximum absolute atomic E-state index is 14.4. The topological polar surface area (TPSA) is 149 Å². The normalized spacial score (nSPS) is 15.2. The number of guanidine groups is 1. The average Bonchev–Trinajstić information content (AvgIpc) is 2.54. The second kappa shape index (κ2) is 6.15. The van der Waals surface area contributed by atoms with Crippen LogP contribution < -0.4 is 22.1 Å². The highest BCUT2D eigenvalue weighted by Crippen LogP contribution is 2.41. The summed E-state index contributed by atoms with van der Waals surface area (Å²) in [5.74, 6) is -0.466. The third kappa shape index (κ3) is 2.73. The molecule has 3 rings (SSSR count). The average molecular weight is 357 g/mol. The number of halogens is 2. The number of fused-ring (bicyclic) bond motifs is 1. The summed E-state index contributed by atoms with van der Waals surface area (Å²) in [5, 5.41) is 23.4. The third-order valence-corrected chi connectivity index (χ3v) is 3.85. The van der Waals surface area contributed by atoms with Crippen molar-refractivity contribution in [2.45, 2.75) is 6.04 Å². The van der Waals surface area contributed by atoms with Crippen LogP contribution >= 0.6 is 11.6 Å². The molecule has 2 heterocycles. The molecule has 1 unspecified atom stereocenters. The molecule has 124 valence electrons. The van der Waals surface area contributed by atoms with Crippen molar-refractivity contribution in [3.8, 4) is 12.3 Å². The van der Waals surface area contributed by atoms with Gasteiger partial charge in [0.25, 0.3) is 0 Å². The van der Waals surface area contributed by atoms with Crippen LogP contribution in [-0.2, 0) is 0 Å². The molecule has 1 aliphatic heterocycles. The molecule has 2 aromatic rings. The summed E-state index contributed by atoms with van der Waals surface area (Å²) in [6.45, 7) is 0. The Morgan fingerprint density at radius 3 is 2.72 bits per heavy atom. The van der Waals surface area contributed by atoms with E-state index in [4.69, 9.17) is 28.3 Å². The van der Waals surface area contributed by atoms with Gasteiger partial charge >= 0.3 is 0 Å². The minimum Gasteiger partial charge on any atom is -0.397 e. The van der Waals surface area contributed by atoms with E-state index < -0.39 is 11.9 Å². The second-order valence-electron chi connectivity index (χ2n) is 5.07. The molecular weight excluding hydrogens is 347 g/mol. The summed E-state index contributed by atoms with van der Waals surface area (Å²) in [6, 6.07) is 5.02. The van der Waals surface area contributed by atoms with E-state index in [-0.39, 0.29) is 45.0 Å². The van der Waals surface area contributed by atoms with Gasteiger partial charge in [-0.25, -0.2) is 14.4 Å². The monoisotopic (exact) mass is 356 g/mol. The summed E-state index contributed by atoms with van der Waals surface area (Å²) < 4.78 is 14.4. The molecule has 0 aliphatic carbocycles. The minimum absolute atomic E-state index is 0.0215. The Balaban J connectivity index is 2.28. The van der Waals surface area contributed by atoms with Crippen LogP contribution in [0, 0.1) is 28.6 Å². The Morgan fingerprint density at radius 2 is 2.08 bits per heavy atom. The Kier molecular flexibility index (Phi) is 4.01. The van der Waals surface area contributed by atoms with Gasteiger partial charge in [-0.3, -0.25) is 5.32 Å². The van der Waals surface area contributed by atoms with Gasteiger partial charge in [-0.2, -0.15) is 10.5 Å². The number of nitrogens with zero attached hydrogens (tertiary/aromatic N) is 4. The number of benzene rings is 1. The summed E-state index contributed by atoms with van der Waals surface area (Å²) in [7, 11) is 0. The maximum Gasteiger partial charge on any atom is 0.211 e. The van der Waals surface area contributed by atoms with Crippen LogP contribution in [0.3, 0.4) is 0 Å². The Morgan fingerprint density at radius 1 is 1.32 bits per heavy atom. The zero-order valence-electron chi connectivity index (χ0n) is 12.5. The van der Waals surface area contributed by atoms with E-state index >= 15 is 0 Å². The predicted octanol–water partition coefficient (Wildman–Crippen LogP) is 1.85. The first-order valence-electron chi connectivity index (χ1n) is 6.90. The lowest BCUT2D eigenvalue weighted by atomic mass is 9.95. The van der Waals surface area contributed by atoms with Crippen LogP contribution in [0.1, 0.15) is 22.7 Å². The van der Waals surface area contributed by atoms with Crippen molar-refractivity contribution in [1.82, 2.24) is 10.3 Å². The molecule has 10 heteroatoms. The summed E-state index contributed by atoms with van der Waals surface area (Å²) in [5.41, 5.74) is 12.3. The van der Waals surface area contributed by atoms with Crippen molar-refractivity contribution >= 4 is 34.9 Å². The number of aromatic nitrogens is 1. The number of nitrogens with two attached hydrogens (primary N) is 2. The molecule has 1 aromatic heterocycles. The highest BCUT2D eigenvalue weighted by Gasteiger charge is 2.31. The molecule has 6 N–H and O–H groups in total. The third-order valence-electron chi connectivity index (χ3n) is 3.61. The van der Waals surface area contributed by atoms with Gasteiger partial charge in [-0.1, -0.05) is 17.7 Å². The van der Waals surface area contributed by atoms with Gasteiger partial charge in [0.05, 0.1) is 5.69 Å². The van der Waals surface area contributed by atoms with Gasteiger partial charge < -0.3 is 16.8 Å². The van der Waals surface area contributed by atoms with E-state index in [1.807, 2.05) is 6.07 Å². The number of nitriles is 2. The minimum atomic E-state index is -0.940. The number of rotatable bonds is 1. The number of nitrogen functional groups attached to an aromatic ring is 2. The smallest absolute Gasteiger partial charge is 0.211 e. The van der Waals surface area contributed by atoms with Crippen LogP contribution in [0.2, 0.25) is 5.02 Å². The van der Waals surface area contributed by atoms with Gasteiger partial charge in [0, 0.05) is 16.1 Å². The molecule has 1 atom stereocenters. The largest absolute Gasteiger partial charge is 0.397 e. The van der Waals surface area contributed by atoms with E-state index in [0.717, 1.165) is 6.07 Å². The van der Waals surface area contributed by atoms with Crippen molar-refractivity contribution in [2.24, 2.45) is 4.99 Å². The van der Waals surface area contributed by atoms with E-state index in [0.29, 0.717) is 0 Å². The van der Waals surface area contributed by atoms with Crippen molar-refractivity contribution < 1.29 is 4.39 Å². The fourth-order valence-electron chi connectivity index (χ4n) is 2.53. The predicted molar refractivity (Wildman–Crippen MR) is 90.8 cm³/mol. The molecule has 25 heavy (non-hydrogen) atoms. The van der Waals surface area contributed by atoms with Gasteiger partial charge in [0.15, 0.2) is 6.19 Å². The Bertz CT molecular complexity index is 988. The molecular formula is C15H10ClFN8. The summed E-state index contributed by atoms with van der Waals surface area (Å²) in [6.07, 6.45) is 1.71. The molecule has 1 aromatic carbocycles. The lowest BCUT2D eigenvalue weighted by Gasteiger charge is -2.26. The first-order valence-corrected chi connectivity index (χ1v) is 7.27. The maximum atomic E-state index is 14.4. The molecule has 8 nitrogen and oxygen atoms in total. The van der Waals surface area contributed by atoms with E-state index in [9.17, 15) is 9.65 Å². The highest BCUT2D eigenvalue weighted by atomic mass is 35.5. The Labute approximate surface area is 146 Å². The molecule has 1 aliphatic rings. The fourth-order valence-corrected chi connectivity index (χ4v) is 2.69. The van der Waals surface area contributed by atoms with E-state index in [1.165, 1.54) is 12.1 Å². The van der Waals surface area contributed by atoms with Crippen molar-refractivity contribution in [2.75, 3.05) is 16.8 Å². The zero-order chi connectivity index (χ0) is 18.1. The van der Waals surface area contributed by atoms with E-state index in [2.05, 4.69) is 20.6 Å². The van der Waals surface area contributed by atoms with Crippen LogP contribution in [0.4, 0.5) is 21.7 Å². The summed E-state index contributed by atoms with van der Waals surface area (Å²) in [4.78, 5) is 8.34. The first kappa shape index (κ1) is 16.3. The highest BCUT2D eigenvalue weighted by molar-refractivity contribution is 6.30. The van der Waals surface area contributed by atoms with E-state index in [1.54, 1.807) is 6.19 Å². The Hall–Kier alpha value is -3.56. The number of aliphatic imine (C=N–C) groups is 1. The molecule has 0 amide bonds. The molecule has 0 bridgehead atoms. The van der Waals surface area contributed by atoms with Gasteiger partial charge in [0.1, 0.15) is 35.1 Å².